The Hall–Kier alpha value is -4.52. The summed E-state index contributed by atoms with van der Waals surface area (Å²) in [7, 11) is 0. The Kier molecular flexibility index (Phi) is 3.20. The molecule has 118 valence electrons. The summed E-state index contributed by atoms with van der Waals surface area (Å²) in [5.74, 6) is -0.122. The molecule has 0 N–H and O–H groups in total. The van der Waals surface area contributed by atoms with Crippen molar-refractivity contribution in [3.05, 3.63) is 70.1 Å². The van der Waals surface area contributed by atoms with Crippen molar-refractivity contribution in [1.82, 2.24) is 0 Å². The van der Waals surface area contributed by atoms with Crippen molar-refractivity contribution in [2.45, 2.75) is 0 Å². The summed E-state index contributed by atoms with van der Waals surface area (Å²) in [6, 6.07) is 14.2. The summed E-state index contributed by atoms with van der Waals surface area (Å²) in [4.78, 5) is 6.37. The Bertz CT molecular complexity index is 1370. The predicted molar refractivity (Wildman–Crippen MR) is 94.0 cm³/mol. The van der Waals surface area contributed by atoms with E-state index in [-0.39, 0.29) is 22.2 Å². The van der Waals surface area contributed by atoms with Gasteiger partial charge in [-0.2, -0.15) is 20.2 Å². The second-order valence-electron chi connectivity index (χ2n) is 5.42. The minimum atomic E-state index is -0.122. The third-order valence-electron chi connectivity index (χ3n) is 4.10. The van der Waals surface area contributed by atoms with E-state index in [1.54, 1.807) is 24.3 Å². The standard InChI is InChI=1S/C20H6N4O2/c1-23-20(24-2)19-8-15-13-3-5-16-14(12(13)4-6-17(15)26-19)7-18(25-16)11(9-21)10-22/h3-8H. The zero-order chi connectivity index (χ0) is 18.3. The number of hydrogen-bond acceptors (Lipinski definition) is 4. The summed E-state index contributed by atoms with van der Waals surface area (Å²) in [6.07, 6.45) is 0. The van der Waals surface area contributed by atoms with Crippen LogP contribution in [-0.4, -0.2) is 0 Å². The number of fused-ring (bicyclic) bond motifs is 5. The normalized spacial score (nSPS) is 10.2. The van der Waals surface area contributed by atoms with Crippen LogP contribution in [0.25, 0.3) is 53.8 Å². The maximum Gasteiger partial charge on any atom is 0.562 e. The number of rotatable bonds is 0. The fourth-order valence-corrected chi connectivity index (χ4v) is 2.95. The van der Waals surface area contributed by atoms with E-state index < -0.39 is 0 Å². The second-order valence-corrected chi connectivity index (χ2v) is 5.42. The second kappa shape index (κ2) is 5.53. The molecule has 0 spiro atoms. The first kappa shape index (κ1) is 15.0. The SMILES string of the molecule is [C-]#[N+]C([N+]#[C-])=c1cc2c(ccc3c4cc(=C(C#N)C#N)oc4ccc23)o1. The van der Waals surface area contributed by atoms with E-state index in [0.29, 0.717) is 11.2 Å². The molecule has 26 heavy (non-hydrogen) atoms. The molecule has 0 bridgehead atoms. The van der Waals surface area contributed by atoms with Crippen molar-refractivity contribution in [2.24, 2.45) is 0 Å². The van der Waals surface area contributed by atoms with E-state index in [9.17, 15) is 0 Å². The molecule has 0 amide bonds. The largest absolute Gasteiger partial charge is 0.562 e. The first-order chi connectivity index (χ1) is 12.7. The number of furan rings is 2. The molecule has 0 saturated heterocycles. The van der Waals surface area contributed by atoms with Crippen LogP contribution in [0.2, 0.25) is 0 Å². The van der Waals surface area contributed by atoms with Crippen molar-refractivity contribution in [2.75, 3.05) is 0 Å². The quantitative estimate of drug-likeness (QED) is 0.461. The molecule has 0 atom stereocenters. The van der Waals surface area contributed by atoms with Gasteiger partial charge < -0.3 is 8.83 Å². The smallest absolute Gasteiger partial charge is 0.460 e. The van der Waals surface area contributed by atoms with Gasteiger partial charge in [-0.15, -0.1) is 0 Å². The third kappa shape index (κ3) is 2.01. The lowest BCUT2D eigenvalue weighted by Gasteiger charge is -1.99. The highest BCUT2D eigenvalue weighted by Crippen LogP contribution is 2.30. The Morgan fingerprint density at radius 3 is 1.77 bits per heavy atom. The minimum absolute atomic E-state index is 0.0885. The van der Waals surface area contributed by atoms with E-state index in [1.807, 2.05) is 24.3 Å². The van der Waals surface area contributed by atoms with Gasteiger partial charge in [0.1, 0.15) is 36.4 Å². The van der Waals surface area contributed by atoms with Gasteiger partial charge in [0.15, 0.2) is 11.0 Å². The van der Waals surface area contributed by atoms with Crippen LogP contribution in [-0.2, 0) is 0 Å². The van der Waals surface area contributed by atoms with Gasteiger partial charge in [-0.05, 0) is 47.2 Å². The van der Waals surface area contributed by atoms with Gasteiger partial charge in [-0.25, -0.2) is 0 Å². The molecular formula is C20H6N4O2. The molecule has 0 aliphatic heterocycles. The van der Waals surface area contributed by atoms with Crippen LogP contribution < -0.4 is 10.8 Å². The number of nitriles is 2. The highest BCUT2D eigenvalue weighted by atomic mass is 16.3. The van der Waals surface area contributed by atoms with Crippen molar-refractivity contribution < 1.29 is 8.83 Å². The molecule has 4 aromatic rings. The molecule has 6 nitrogen and oxygen atoms in total. The first-order valence-corrected chi connectivity index (χ1v) is 7.38. The molecule has 2 aromatic heterocycles. The molecule has 6 heteroatoms. The Morgan fingerprint density at radius 1 is 0.769 bits per heavy atom. The number of hydrogen-bond donors (Lipinski definition) is 0. The van der Waals surface area contributed by atoms with Gasteiger partial charge in [0, 0.05) is 10.8 Å². The lowest BCUT2D eigenvalue weighted by atomic mass is 10.0. The van der Waals surface area contributed by atoms with Crippen molar-refractivity contribution >= 4 is 44.1 Å². The molecule has 0 unspecified atom stereocenters. The first-order valence-electron chi connectivity index (χ1n) is 7.38. The van der Waals surface area contributed by atoms with Crippen molar-refractivity contribution in [1.29, 1.82) is 10.5 Å². The summed E-state index contributed by atoms with van der Waals surface area (Å²) in [6.45, 7) is 14.1. The van der Waals surface area contributed by atoms with Crippen LogP contribution in [0.15, 0.2) is 45.2 Å². The zero-order valence-corrected chi connectivity index (χ0v) is 13.1. The number of nitrogens with zero attached hydrogens (tertiary/aromatic N) is 4. The molecule has 0 saturated carbocycles. The Labute approximate surface area is 146 Å². The molecule has 0 radical (unpaired) electrons. The Morgan fingerprint density at radius 2 is 1.27 bits per heavy atom. The summed E-state index contributed by atoms with van der Waals surface area (Å²) < 4.78 is 11.3. The van der Waals surface area contributed by atoms with Crippen LogP contribution in [0.3, 0.4) is 0 Å². The lowest BCUT2D eigenvalue weighted by molar-refractivity contribution is 0.577. The highest BCUT2D eigenvalue weighted by molar-refractivity contribution is 6.15. The predicted octanol–water partition coefficient (Wildman–Crippen LogP) is 3.43. The van der Waals surface area contributed by atoms with Gasteiger partial charge in [0.25, 0.3) is 0 Å². The maximum atomic E-state index is 9.03. The van der Waals surface area contributed by atoms with Crippen molar-refractivity contribution in [3.63, 3.8) is 0 Å². The van der Waals surface area contributed by atoms with Gasteiger partial charge >= 0.3 is 5.82 Å². The van der Waals surface area contributed by atoms with E-state index in [1.165, 1.54) is 0 Å². The van der Waals surface area contributed by atoms with Crippen LogP contribution in [0.1, 0.15) is 0 Å². The van der Waals surface area contributed by atoms with Crippen LogP contribution in [0.5, 0.6) is 0 Å². The number of benzene rings is 2. The molecule has 2 heterocycles. The van der Waals surface area contributed by atoms with E-state index >= 15 is 0 Å². The van der Waals surface area contributed by atoms with Gasteiger partial charge in [-0.3, -0.25) is 0 Å². The van der Waals surface area contributed by atoms with E-state index in [0.717, 1.165) is 21.5 Å². The molecular weight excluding hydrogens is 328 g/mol. The fourth-order valence-electron chi connectivity index (χ4n) is 2.95. The van der Waals surface area contributed by atoms with Crippen molar-refractivity contribution in [3.8, 4) is 12.1 Å². The summed E-state index contributed by atoms with van der Waals surface area (Å²) in [5, 5.41) is 21.3. The zero-order valence-electron chi connectivity index (χ0n) is 13.1. The molecule has 0 aliphatic carbocycles. The maximum absolute atomic E-state index is 9.03. The fraction of sp³-hybridized carbons (Fsp3) is 0. The van der Waals surface area contributed by atoms with E-state index in [2.05, 4.69) is 9.69 Å². The monoisotopic (exact) mass is 334 g/mol. The average molecular weight is 334 g/mol. The topological polar surface area (TPSA) is 82.6 Å². The summed E-state index contributed by atoms with van der Waals surface area (Å²) >= 11 is 0. The highest BCUT2D eigenvalue weighted by Gasteiger charge is 2.14. The molecule has 0 aliphatic rings. The van der Waals surface area contributed by atoms with Crippen LogP contribution in [0.4, 0.5) is 0 Å². The van der Waals surface area contributed by atoms with Gasteiger partial charge in [0.05, 0.1) is 0 Å². The van der Waals surface area contributed by atoms with Crippen LogP contribution >= 0.6 is 0 Å². The van der Waals surface area contributed by atoms with E-state index in [4.69, 9.17) is 32.5 Å². The third-order valence-corrected chi connectivity index (χ3v) is 4.10. The molecule has 0 fully saturated rings. The average Bonchev–Trinajstić information content (AvgIpc) is 3.27. The minimum Gasteiger partial charge on any atom is -0.460 e. The molecule has 2 aromatic carbocycles. The molecule has 4 rings (SSSR count). The Balaban J connectivity index is 2.17. The lowest BCUT2D eigenvalue weighted by Crippen LogP contribution is -1.97. The van der Waals surface area contributed by atoms with Gasteiger partial charge in [-0.1, -0.05) is 0 Å². The summed E-state index contributed by atoms with van der Waals surface area (Å²) in [5.41, 5.74) is 1.50. The van der Waals surface area contributed by atoms with Gasteiger partial charge in [0.2, 0.25) is 5.42 Å². The van der Waals surface area contributed by atoms with Crippen LogP contribution in [0, 0.1) is 35.8 Å².